The van der Waals surface area contributed by atoms with Gasteiger partial charge in [0.05, 0.1) is 42.7 Å². The SMILES string of the molecule is COOC(C)C(OOC)(OOC)OC(=O)OC(OOC)(OOC)C(C)OOC. The molecule has 0 aromatic rings. The smallest absolute Gasteiger partial charge is 0.369 e. The molecule has 0 saturated carbocycles. The molecule has 0 heterocycles. The van der Waals surface area contributed by atoms with Gasteiger partial charge in [0.2, 0.25) is 0 Å². The lowest BCUT2D eigenvalue weighted by Crippen LogP contribution is -2.54. The molecule has 2 unspecified atom stereocenters. The highest BCUT2D eigenvalue weighted by atomic mass is 17.4. The van der Waals surface area contributed by atoms with Gasteiger partial charge in [-0.1, -0.05) is 0 Å². The van der Waals surface area contributed by atoms with Gasteiger partial charge in [-0.05, 0) is 13.8 Å². The molecule has 0 aliphatic heterocycles. The number of ether oxygens (including phenoxy) is 2. The average Bonchev–Trinajstić information content (AvgIpc) is 2.62. The van der Waals surface area contributed by atoms with E-state index >= 15 is 0 Å². The Morgan fingerprint density at radius 3 is 1.07 bits per heavy atom. The summed E-state index contributed by atoms with van der Waals surface area (Å²) in [4.78, 5) is 68.4. The fraction of sp³-hybridized carbons (Fsp3) is 0.923. The first kappa shape index (κ1) is 26.8. The van der Waals surface area contributed by atoms with Crippen LogP contribution in [-0.2, 0) is 68.1 Å². The molecule has 0 aliphatic rings. The van der Waals surface area contributed by atoms with E-state index in [1.54, 1.807) is 0 Å². The predicted molar refractivity (Wildman–Crippen MR) is 80.5 cm³/mol. The molecule has 15 heteroatoms. The highest BCUT2D eigenvalue weighted by Gasteiger charge is 2.54. The zero-order chi connectivity index (χ0) is 21.6. The summed E-state index contributed by atoms with van der Waals surface area (Å²) < 4.78 is 9.96. The molecule has 0 bridgehead atoms. The van der Waals surface area contributed by atoms with E-state index in [2.05, 4.69) is 29.3 Å². The average molecular weight is 422 g/mol. The van der Waals surface area contributed by atoms with Crippen LogP contribution in [-0.4, -0.2) is 73.0 Å². The second kappa shape index (κ2) is 13.9. The summed E-state index contributed by atoms with van der Waals surface area (Å²) in [5, 5.41) is 0. The summed E-state index contributed by atoms with van der Waals surface area (Å²) in [5.41, 5.74) is 0. The van der Waals surface area contributed by atoms with Gasteiger partial charge < -0.3 is 9.47 Å². The Morgan fingerprint density at radius 1 is 0.571 bits per heavy atom. The lowest BCUT2D eigenvalue weighted by atomic mass is 10.3. The number of hydrogen-bond acceptors (Lipinski definition) is 15. The van der Waals surface area contributed by atoms with Gasteiger partial charge in [-0.2, -0.15) is 19.6 Å². The van der Waals surface area contributed by atoms with Crippen molar-refractivity contribution in [1.29, 1.82) is 0 Å². The molecule has 0 aliphatic carbocycles. The van der Waals surface area contributed by atoms with Crippen molar-refractivity contribution in [2.75, 3.05) is 42.7 Å². The fourth-order valence-electron chi connectivity index (χ4n) is 1.66. The van der Waals surface area contributed by atoms with Crippen LogP contribution in [0.25, 0.3) is 0 Å². The second-order valence-electron chi connectivity index (χ2n) is 4.47. The van der Waals surface area contributed by atoms with Crippen molar-refractivity contribution in [1.82, 2.24) is 0 Å². The third-order valence-electron chi connectivity index (χ3n) is 2.73. The van der Waals surface area contributed by atoms with Gasteiger partial charge in [0, 0.05) is 0 Å². The normalized spacial score (nSPS) is 14.6. The lowest BCUT2D eigenvalue weighted by molar-refractivity contribution is -0.603. The van der Waals surface area contributed by atoms with Crippen molar-refractivity contribution in [2.24, 2.45) is 0 Å². The first-order valence-electron chi connectivity index (χ1n) is 7.49. The van der Waals surface area contributed by atoms with E-state index in [1.807, 2.05) is 0 Å². The van der Waals surface area contributed by atoms with Gasteiger partial charge in [-0.25, -0.2) is 43.9 Å². The molecule has 2 atom stereocenters. The Kier molecular flexibility index (Phi) is 13.3. The van der Waals surface area contributed by atoms with Crippen LogP contribution in [0.5, 0.6) is 0 Å². The van der Waals surface area contributed by atoms with Crippen LogP contribution in [0.3, 0.4) is 0 Å². The van der Waals surface area contributed by atoms with Crippen molar-refractivity contribution in [2.45, 2.75) is 38.0 Å². The largest absolute Gasteiger partial charge is 0.517 e. The molecular formula is C13H26O15. The second-order valence-corrected chi connectivity index (χ2v) is 4.47. The zero-order valence-corrected chi connectivity index (χ0v) is 16.8. The standard InChI is InChI=1S/C13H26O15/c1-9(23-15-3)12(25-17-5,26-18-6)21-11(14)22-13(27-19-7,28-20-8)10(2)24-16-4/h9-10H,1-8H3. The molecule has 28 heavy (non-hydrogen) atoms. The molecule has 0 radical (unpaired) electrons. The van der Waals surface area contributed by atoms with Gasteiger partial charge in [0.15, 0.2) is 12.2 Å². The van der Waals surface area contributed by atoms with Gasteiger partial charge in [0.25, 0.3) is 0 Å². The summed E-state index contributed by atoms with van der Waals surface area (Å²) in [5.74, 6) is -4.90. The minimum absolute atomic E-state index is 1.10. The predicted octanol–water partition coefficient (Wildman–Crippen LogP) is 0.692. The summed E-state index contributed by atoms with van der Waals surface area (Å²) in [7, 11) is 6.77. The molecule has 0 amide bonds. The third-order valence-corrected chi connectivity index (χ3v) is 2.73. The van der Waals surface area contributed by atoms with Crippen molar-refractivity contribution in [3.05, 3.63) is 0 Å². The Labute approximate surface area is 160 Å². The molecular weight excluding hydrogens is 396 g/mol. The Hall–Kier alpha value is -1.21. The summed E-state index contributed by atoms with van der Waals surface area (Å²) in [6.07, 6.45) is -4.06. The molecule has 0 spiro atoms. The van der Waals surface area contributed by atoms with Crippen LogP contribution in [0.4, 0.5) is 4.79 Å². The summed E-state index contributed by atoms with van der Waals surface area (Å²) >= 11 is 0. The van der Waals surface area contributed by atoms with E-state index < -0.39 is 30.3 Å². The topological polar surface area (TPSA) is 146 Å². The number of carbonyl (C=O) groups excluding carboxylic acids is 1. The zero-order valence-electron chi connectivity index (χ0n) is 16.8. The quantitative estimate of drug-likeness (QED) is 0.149. The van der Waals surface area contributed by atoms with E-state index in [4.69, 9.17) is 38.8 Å². The van der Waals surface area contributed by atoms with Crippen LogP contribution >= 0.6 is 0 Å². The van der Waals surface area contributed by atoms with Gasteiger partial charge in [-0.15, -0.1) is 0 Å². The van der Waals surface area contributed by atoms with E-state index in [-0.39, 0.29) is 0 Å². The molecule has 168 valence electrons. The van der Waals surface area contributed by atoms with Gasteiger partial charge in [-0.3, -0.25) is 0 Å². The number of carbonyl (C=O) groups is 1. The third kappa shape index (κ3) is 7.66. The van der Waals surface area contributed by atoms with Crippen molar-refractivity contribution >= 4 is 6.16 Å². The number of hydrogen-bond donors (Lipinski definition) is 0. The Bertz CT molecular complexity index is 371. The molecule has 0 saturated heterocycles. The fourth-order valence-corrected chi connectivity index (χ4v) is 1.66. The van der Waals surface area contributed by atoms with Crippen molar-refractivity contribution < 1.29 is 72.9 Å². The van der Waals surface area contributed by atoms with Gasteiger partial charge >= 0.3 is 18.1 Å². The molecule has 0 aromatic carbocycles. The van der Waals surface area contributed by atoms with Crippen LogP contribution < -0.4 is 0 Å². The maximum Gasteiger partial charge on any atom is 0.517 e. The molecule has 0 fully saturated rings. The highest BCUT2D eigenvalue weighted by Crippen LogP contribution is 2.29. The molecule has 0 rings (SSSR count). The van der Waals surface area contributed by atoms with Crippen LogP contribution in [0, 0.1) is 0 Å². The monoisotopic (exact) mass is 422 g/mol. The van der Waals surface area contributed by atoms with Crippen LogP contribution in [0.2, 0.25) is 0 Å². The van der Waals surface area contributed by atoms with E-state index in [0.29, 0.717) is 0 Å². The van der Waals surface area contributed by atoms with Crippen molar-refractivity contribution in [3.63, 3.8) is 0 Å². The van der Waals surface area contributed by atoms with E-state index in [0.717, 1.165) is 28.4 Å². The maximum atomic E-state index is 12.4. The lowest BCUT2D eigenvalue weighted by Gasteiger charge is -2.34. The Balaban J connectivity index is 5.64. The maximum absolute atomic E-state index is 12.4. The highest BCUT2D eigenvalue weighted by molar-refractivity contribution is 5.60. The first-order chi connectivity index (χ1) is 13.3. The molecule has 0 N–H and O–H groups in total. The minimum atomic E-state index is -2.45. The molecule has 15 nitrogen and oxygen atoms in total. The van der Waals surface area contributed by atoms with Crippen LogP contribution in [0.1, 0.15) is 13.8 Å². The van der Waals surface area contributed by atoms with E-state index in [1.165, 1.54) is 28.1 Å². The molecule has 0 aromatic heterocycles. The minimum Gasteiger partial charge on any atom is -0.369 e. The van der Waals surface area contributed by atoms with Gasteiger partial charge in [0.1, 0.15) is 0 Å². The van der Waals surface area contributed by atoms with E-state index in [9.17, 15) is 4.79 Å². The van der Waals surface area contributed by atoms with Crippen molar-refractivity contribution in [3.8, 4) is 0 Å². The summed E-state index contributed by atoms with van der Waals surface area (Å²) in [6, 6.07) is 0. The summed E-state index contributed by atoms with van der Waals surface area (Å²) in [6.45, 7) is 2.66. The van der Waals surface area contributed by atoms with Crippen LogP contribution in [0.15, 0.2) is 0 Å². The Morgan fingerprint density at radius 2 is 0.857 bits per heavy atom. The first-order valence-corrected chi connectivity index (χ1v) is 7.49. The number of rotatable bonds is 16.